The molecule has 1 heterocycles. The van der Waals surface area contributed by atoms with Crippen LogP contribution in [-0.4, -0.2) is 22.8 Å². The molecule has 0 aliphatic heterocycles. The molecule has 0 radical (unpaired) electrons. The number of carbonyl (C=O) groups is 2. The zero-order valence-electron chi connectivity index (χ0n) is 17.6. The van der Waals surface area contributed by atoms with E-state index in [0.717, 1.165) is 60.7 Å². The summed E-state index contributed by atoms with van der Waals surface area (Å²) < 4.78 is 5.71. The minimum Gasteiger partial charge on any atom is -0.451 e. The Morgan fingerprint density at radius 2 is 1.73 bits per heavy atom. The Morgan fingerprint density at radius 1 is 1.00 bits per heavy atom. The average molecular weight is 402 g/mol. The highest BCUT2D eigenvalue weighted by Gasteiger charge is 2.26. The second-order valence-electron chi connectivity index (χ2n) is 7.95. The number of hydrogen-bond donors (Lipinski definition) is 0. The van der Waals surface area contributed by atoms with Crippen LogP contribution in [0.15, 0.2) is 48.5 Å². The minimum absolute atomic E-state index is 0.185. The number of fused-ring (bicyclic) bond motifs is 2. The third kappa shape index (κ3) is 4.00. The number of aryl methyl sites for hydroxylation is 2. The van der Waals surface area contributed by atoms with Crippen LogP contribution in [0.1, 0.15) is 70.6 Å². The fourth-order valence-corrected chi connectivity index (χ4v) is 4.19. The maximum atomic E-state index is 13.3. The molecule has 0 amide bonds. The highest BCUT2D eigenvalue weighted by atomic mass is 16.5. The Hall–Kier alpha value is -3.01. The molecule has 4 rings (SSSR count). The number of hydrogen-bond acceptors (Lipinski definition) is 4. The quantitative estimate of drug-likeness (QED) is 0.322. The van der Waals surface area contributed by atoms with Gasteiger partial charge in [0, 0.05) is 16.6 Å². The van der Waals surface area contributed by atoms with E-state index < -0.39 is 12.1 Å². The van der Waals surface area contributed by atoms with Gasteiger partial charge in [0.25, 0.3) is 0 Å². The lowest BCUT2D eigenvalue weighted by molar-refractivity contribution is 0.0319. The fourth-order valence-electron chi connectivity index (χ4n) is 4.19. The van der Waals surface area contributed by atoms with Gasteiger partial charge in [0.1, 0.15) is 0 Å². The maximum Gasteiger partial charge on any atom is 0.339 e. The molecule has 4 heteroatoms. The number of aromatic nitrogens is 1. The Labute approximate surface area is 177 Å². The molecule has 0 fully saturated rings. The van der Waals surface area contributed by atoms with Gasteiger partial charge in [-0.1, -0.05) is 55.8 Å². The fraction of sp³-hybridized carbons (Fsp3) is 0.346. The molecule has 154 valence electrons. The van der Waals surface area contributed by atoms with Crippen molar-refractivity contribution in [3.05, 3.63) is 76.5 Å². The minimum atomic E-state index is -0.849. The molecule has 4 nitrogen and oxygen atoms in total. The molecule has 2 aromatic carbocycles. The summed E-state index contributed by atoms with van der Waals surface area (Å²) >= 11 is 0. The van der Waals surface area contributed by atoms with E-state index in [4.69, 9.17) is 9.72 Å². The van der Waals surface area contributed by atoms with Crippen molar-refractivity contribution in [2.24, 2.45) is 0 Å². The van der Waals surface area contributed by atoms with Crippen LogP contribution in [0.5, 0.6) is 0 Å². The lowest BCUT2D eigenvalue weighted by atomic mass is 9.97. The van der Waals surface area contributed by atoms with Crippen LogP contribution < -0.4 is 0 Å². The number of para-hydroxylation sites is 1. The van der Waals surface area contributed by atoms with Crippen molar-refractivity contribution < 1.29 is 14.3 Å². The second kappa shape index (κ2) is 8.78. The van der Waals surface area contributed by atoms with E-state index in [1.807, 2.05) is 36.4 Å². The second-order valence-corrected chi connectivity index (χ2v) is 7.95. The SMILES string of the molecule is CCc1ccc(C(=O)C(C)OC(=O)c2c3c(nc4ccccc24)CCCCC3)cc1. The van der Waals surface area contributed by atoms with Crippen LogP contribution >= 0.6 is 0 Å². The van der Waals surface area contributed by atoms with Gasteiger partial charge < -0.3 is 4.74 Å². The molecule has 1 unspecified atom stereocenters. The van der Waals surface area contributed by atoms with Crippen molar-refractivity contribution >= 4 is 22.7 Å². The van der Waals surface area contributed by atoms with Gasteiger partial charge in [-0.15, -0.1) is 0 Å². The highest BCUT2D eigenvalue weighted by Crippen LogP contribution is 2.29. The number of rotatable bonds is 5. The van der Waals surface area contributed by atoms with E-state index in [-0.39, 0.29) is 5.78 Å². The Kier molecular flexibility index (Phi) is 5.93. The summed E-state index contributed by atoms with van der Waals surface area (Å²) in [4.78, 5) is 30.9. The molecule has 0 N–H and O–H groups in total. The highest BCUT2D eigenvalue weighted by molar-refractivity contribution is 6.07. The topological polar surface area (TPSA) is 56.3 Å². The third-order valence-corrected chi connectivity index (χ3v) is 5.92. The Morgan fingerprint density at radius 3 is 2.50 bits per heavy atom. The molecule has 0 spiro atoms. The summed E-state index contributed by atoms with van der Waals surface area (Å²) in [6.45, 7) is 3.72. The van der Waals surface area contributed by atoms with Crippen LogP contribution in [0.25, 0.3) is 10.9 Å². The summed E-state index contributed by atoms with van der Waals surface area (Å²) in [6, 6.07) is 15.2. The van der Waals surface area contributed by atoms with Gasteiger partial charge in [-0.25, -0.2) is 4.79 Å². The third-order valence-electron chi connectivity index (χ3n) is 5.92. The summed E-state index contributed by atoms with van der Waals surface area (Å²) in [5, 5.41) is 0.801. The van der Waals surface area contributed by atoms with Crippen molar-refractivity contribution in [3.8, 4) is 0 Å². The molecule has 0 bridgehead atoms. The smallest absolute Gasteiger partial charge is 0.339 e. The van der Waals surface area contributed by atoms with E-state index in [9.17, 15) is 9.59 Å². The molecular formula is C26H27NO3. The monoisotopic (exact) mass is 401 g/mol. The molecule has 1 aromatic heterocycles. The molecule has 1 atom stereocenters. The molecule has 0 saturated heterocycles. The van der Waals surface area contributed by atoms with Crippen LogP contribution in [0.3, 0.4) is 0 Å². The number of ketones is 1. The van der Waals surface area contributed by atoms with E-state index in [0.29, 0.717) is 11.1 Å². The number of ether oxygens (including phenoxy) is 1. The molecule has 3 aromatic rings. The van der Waals surface area contributed by atoms with E-state index >= 15 is 0 Å². The van der Waals surface area contributed by atoms with Gasteiger partial charge in [-0.2, -0.15) is 0 Å². The van der Waals surface area contributed by atoms with E-state index in [2.05, 4.69) is 6.92 Å². The number of pyridine rings is 1. The van der Waals surface area contributed by atoms with Crippen LogP contribution in [0.2, 0.25) is 0 Å². The Bertz CT molecular complexity index is 1090. The van der Waals surface area contributed by atoms with Gasteiger partial charge in [-0.3, -0.25) is 9.78 Å². The van der Waals surface area contributed by atoms with Crippen molar-refractivity contribution in [2.45, 2.75) is 58.5 Å². The largest absolute Gasteiger partial charge is 0.451 e. The molecule has 1 aliphatic carbocycles. The number of benzene rings is 2. The lowest BCUT2D eigenvalue weighted by Gasteiger charge is -2.17. The molecule has 1 aliphatic rings. The maximum absolute atomic E-state index is 13.3. The van der Waals surface area contributed by atoms with Crippen molar-refractivity contribution in [2.75, 3.05) is 0 Å². The number of nitrogens with zero attached hydrogens (tertiary/aromatic N) is 1. The van der Waals surface area contributed by atoms with Crippen LogP contribution in [0, 0.1) is 0 Å². The first-order chi connectivity index (χ1) is 14.6. The predicted octanol–water partition coefficient (Wildman–Crippen LogP) is 5.49. The molecule has 30 heavy (non-hydrogen) atoms. The zero-order chi connectivity index (χ0) is 21.1. The zero-order valence-corrected chi connectivity index (χ0v) is 17.6. The van der Waals surface area contributed by atoms with Gasteiger partial charge in [0.05, 0.1) is 11.1 Å². The molecule has 0 saturated carbocycles. The van der Waals surface area contributed by atoms with Gasteiger partial charge in [-0.05, 0) is 56.2 Å². The number of esters is 1. The standard InChI is InChI=1S/C26H27NO3/c1-3-18-13-15-19(16-14-18)25(28)17(2)30-26(29)24-20-9-5-4-6-11-22(20)27-23-12-8-7-10-21(23)24/h7-8,10,12-17H,3-6,9,11H2,1-2H3. The first-order valence-electron chi connectivity index (χ1n) is 10.8. The van der Waals surface area contributed by atoms with E-state index in [1.165, 1.54) is 5.56 Å². The normalized spacial score (nSPS) is 14.6. The molecular weight excluding hydrogens is 374 g/mol. The van der Waals surface area contributed by atoms with Crippen LogP contribution in [-0.2, 0) is 24.0 Å². The van der Waals surface area contributed by atoms with Crippen molar-refractivity contribution in [1.82, 2.24) is 4.98 Å². The van der Waals surface area contributed by atoms with Crippen molar-refractivity contribution in [1.29, 1.82) is 0 Å². The van der Waals surface area contributed by atoms with Crippen molar-refractivity contribution in [3.63, 3.8) is 0 Å². The van der Waals surface area contributed by atoms with Gasteiger partial charge in [0.15, 0.2) is 6.10 Å². The van der Waals surface area contributed by atoms with Gasteiger partial charge >= 0.3 is 5.97 Å². The number of Topliss-reactive ketones (excluding diaryl/α,β-unsaturated/α-hetero) is 1. The summed E-state index contributed by atoms with van der Waals surface area (Å²) in [5.41, 5.74) is 5.10. The average Bonchev–Trinajstić information content (AvgIpc) is 3.02. The summed E-state index contributed by atoms with van der Waals surface area (Å²) in [6.07, 6.45) is 5.00. The summed E-state index contributed by atoms with van der Waals surface area (Å²) in [5.74, 6) is -0.617. The number of carbonyl (C=O) groups excluding carboxylic acids is 2. The predicted molar refractivity (Wildman–Crippen MR) is 118 cm³/mol. The van der Waals surface area contributed by atoms with E-state index in [1.54, 1.807) is 19.1 Å². The first kappa shape index (κ1) is 20.3. The summed E-state index contributed by atoms with van der Waals surface area (Å²) in [7, 11) is 0. The first-order valence-corrected chi connectivity index (χ1v) is 10.8. The van der Waals surface area contributed by atoms with Gasteiger partial charge in [0.2, 0.25) is 5.78 Å². The van der Waals surface area contributed by atoms with Crippen LogP contribution in [0.4, 0.5) is 0 Å². The lowest BCUT2D eigenvalue weighted by Crippen LogP contribution is -2.25. The Balaban J connectivity index is 1.65.